The second-order valence-corrected chi connectivity index (χ2v) is 5.94. The van der Waals surface area contributed by atoms with Crippen molar-refractivity contribution in [1.29, 1.82) is 0 Å². The van der Waals surface area contributed by atoms with Gasteiger partial charge in [-0.2, -0.15) is 0 Å². The van der Waals surface area contributed by atoms with Gasteiger partial charge in [0.1, 0.15) is 0 Å². The molecule has 0 aliphatic carbocycles. The molecule has 0 aliphatic rings. The van der Waals surface area contributed by atoms with Crippen LogP contribution in [0.5, 0.6) is 11.5 Å². The van der Waals surface area contributed by atoms with Gasteiger partial charge in [-0.25, -0.2) is 0 Å². The third-order valence-corrected chi connectivity index (χ3v) is 4.06. The smallest absolute Gasteiger partial charge is 0.160 e. The van der Waals surface area contributed by atoms with Crippen molar-refractivity contribution in [3.05, 3.63) is 23.8 Å². The molecule has 1 N–H and O–H groups in total. The summed E-state index contributed by atoms with van der Waals surface area (Å²) in [4.78, 5) is 0. The number of unbranched alkanes of at least 4 members (excludes halogenated alkanes) is 9. The molecule has 21 heavy (non-hydrogen) atoms. The molecule has 1 aromatic carbocycles. The molecule has 0 aromatic heterocycles. The molecule has 0 bridgehead atoms. The van der Waals surface area contributed by atoms with E-state index in [1.807, 2.05) is 18.2 Å². The summed E-state index contributed by atoms with van der Waals surface area (Å²) in [6, 6.07) is 5.72. The molecule has 2 heteroatoms. The summed E-state index contributed by atoms with van der Waals surface area (Å²) in [6.07, 6.45) is 14.6. The van der Waals surface area contributed by atoms with Gasteiger partial charge in [0.25, 0.3) is 0 Å². The first kappa shape index (κ1) is 17.9. The Bertz CT molecular complexity index is 374. The van der Waals surface area contributed by atoms with Crippen LogP contribution >= 0.6 is 0 Å². The largest absolute Gasteiger partial charge is 0.504 e. The fraction of sp³-hybridized carbons (Fsp3) is 0.684. The highest BCUT2D eigenvalue weighted by Crippen LogP contribution is 2.26. The summed E-state index contributed by atoms with van der Waals surface area (Å²) in [5, 5.41) is 9.73. The van der Waals surface area contributed by atoms with Gasteiger partial charge in [0.15, 0.2) is 11.5 Å². The van der Waals surface area contributed by atoms with Gasteiger partial charge in [-0.15, -0.1) is 0 Å². The van der Waals surface area contributed by atoms with Gasteiger partial charge in [0, 0.05) is 0 Å². The Labute approximate surface area is 130 Å². The van der Waals surface area contributed by atoms with Gasteiger partial charge in [-0.3, -0.25) is 0 Å². The van der Waals surface area contributed by atoms with Crippen molar-refractivity contribution < 1.29 is 9.84 Å². The zero-order chi connectivity index (χ0) is 15.3. The summed E-state index contributed by atoms with van der Waals surface area (Å²) in [5.41, 5.74) is 1.20. The van der Waals surface area contributed by atoms with Crippen LogP contribution in [0.2, 0.25) is 0 Å². The first-order valence-corrected chi connectivity index (χ1v) is 8.63. The van der Waals surface area contributed by atoms with Crippen LogP contribution in [0.25, 0.3) is 0 Å². The maximum atomic E-state index is 9.73. The quantitative estimate of drug-likeness (QED) is 0.489. The average Bonchev–Trinajstić information content (AvgIpc) is 2.49. The van der Waals surface area contributed by atoms with Crippen molar-refractivity contribution in [3.8, 4) is 11.5 Å². The van der Waals surface area contributed by atoms with Crippen molar-refractivity contribution in [1.82, 2.24) is 0 Å². The molecule has 0 unspecified atom stereocenters. The van der Waals surface area contributed by atoms with Crippen LogP contribution < -0.4 is 4.74 Å². The van der Waals surface area contributed by atoms with E-state index in [4.69, 9.17) is 4.74 Å². The van der Waals surface area contributed by atoms with Crippen molar-refractivity contribution in [2.45, 2.75) is 77.6 Å². The average molecular weight is 292 g/mol. The van der Waals surface area contributed by atoms with Crippen LogP contribution in [-0.2, 0) is 6.42 Å². The van der Waals surface area contributed by atoms with Gasteiger partial charge in [-0.05, 0) is 30.5 Å². The maximum Gasteiger partial charge on any atom is 0.160 e. The monoisotopic (exact) mass is 292 g/mol. The lowest BCUT2D eigenvalue weighted by atomic mass is 10.0. The number of phenolic OH excluding ortho intramolecular Hbond substituents is 1. The molecule has 0 saturated heterocycles. The molecule has 1 rings (SSSR count). The van der Waals surface area contributed by atoms with E-state index < -0.39 is 0 Å². The number of aromatic hydroxyl groups is 1. The highest BCUT2D eigenvalue weighted by Gasteiger charge is 2.02. The topological polar surface area (TPSA) is 29.5 Å². The lowest BCUT2D eigenvalue weighted by molar-refractivity contribution is 0.373. The van der Waals surface area contributed by atoms with E-state index in [0.29, 0.717) is 5.75 Å². The van der Waals surface area contributed by atoms with Crippen LogP contribution in [0, 0.1) is 0 Å². The number of hydrogen-bond donors (Lipinski definition) is 1. The number of ether oxygens (including phenoxy) is 1. The number of aryl methyl sites for hydroxylation is 1. The van der Waals surface area contributed by atoms with Crippen molar-refractivity contribution >= 4 is 0 Å². The lowest BCUT2D eigenvalue weighted by Crippen LogP contribution is -1.89. The molecule has 2 nitrogen and oxygen atoms in total. The van der Waals surface area contributed by atoms with Crippen molar-refractivity contribution in [2.75, 3.05) is 7.11 Å². The van der Waals surface area contributed by atoms with Crippen LogP contribution in [-0.4, -0.2) is 12.2 Å². The highest BCUT2D eigenvalue weighted by molar-refractivity contribution is 5.41. The molecule has 0 radical (unpaired) electrons. The molecule has 0 fully saturated rings. The van der Waals surface area contributed by atoms with E-state index in [1.54, 1.807) is 7.11 Å². The zero-order valence-corrected chi connectivity index (χ0v) is 13.9. The molecule has 120 valence electrons. The minimum Gasteiger partial charge on any atom is -0.504 e. The first-order chi connectivity index (χ1) is 10.3. The molecule has 0 amide bonds. The zero-order valence-electron chi connectivity index (χ0n) is 13.9. The van der Waals surface area contributed by atoms with Crippen LogP contribution in [0.1, 0.15) is 76.7 Å². The number of rotatable bonds is 12. The molecule has 0 aliphatic heterocycles. The van der Waals surface area contributed by atoms with E-state index in [1.165, 1.54) is 69.8 Å². The SMILES string of the molecule is CCCCCCCCCCCCc1ccc(OC)c(O)c1. The molecular weight excluding hydrogens is 260 g/mol. The Hall–Kier alpha value is -1.18. The fourth-order valence-electron chi connectivity index (χ4n) is 2.71. The predicted octanol–water partition coefficient (Wildman–Crippen LogP) is 5.86. The van der Waals surface area contributed by atoms with E-state index >= 15 is 0 Å². The van der Waals surface area contributed by atoms with E-state index in [-0.39, 0.29) is 5.75 Å². The fourth-order valence-corrected chi connectivity index (χ4v) is 2.71. The molecule has 0 spiro atoms. The second kappa shape index (κ2) is 11.5. The van der Waals surface area contributed by atoms with Gasteiger partial charge in [-0.1, -0.05) is 70.8 Å². The van der Waals surface area contributed by atoms with Crippen LogP contribution in [0.3, 0.4) is 0 Å². The summed E-state index contributed by atoms with van der Waals surface area (Å²) in [7, 11) is 1.58. The third kappa shape index (κ3) is 7.99. The van der Waals surface area contributed by atoms with E-state index in [2.05, 4.69) is 6.92 Å². The van der Waals surface area contributed by atoms with Crippen LogP contribution in [0.4, 0.5) is 0 Å². The second-order valence-electron chi connectivity index (χ2n) is 5.94. The molecule has 1 aromatic rings. The minimum absolute atomic E-state index is 0.252. The number of phenols is 1. The Morgan fingerprint density at radius 3 is 1.95 bits per heavy atom. The van der Waals surface area contributed by atoms with Crippen molar-refractivity contribution in [2.24, 2.45) is 0 Å². The number of methoxy groups -OCH3 is 1. The van der Waals surface area contributed by atoms with E-state index in [0.717, 1.165) is 6.42 Å². The Morgan fingerprint density at radius 2 is 1.43 bits per heavy atom. The van der Waals surface area contributed by atoms with E-state index in [9.17, 15) is 5.11 Å². The van der Waals surface area contributed by atoms with Gasteiger partial charge in [0.2, 0.25) is 0 Å². The summed E-state index contributed by atoms with van der Waals surface area (Å²) >= 11 is 0. The van der Waals surface area contributed by atoms with Crippen molar-refractivity contribution in [3.63, 3.8) is 0 Å². The van der Waals surface area contributed by atoms with Gasteiger partial charge in [0.05, 0.1) is 7.11 Å². The normalized spacial score (nSPS) is 10.8. The summed E-state index contributed by atoms with van der Waals surface area (Å²) in [6.45, 7) is 2.27. The standard InChI is InChI=1S/C19H32O2/c1-3-4-5-6-7-8-9-10-11-12-13-17-14-15-19(21-2)18(20)16-17/h14-16,20H,3-13H2,1-2H3. The van der Waals surface area contributed by atoms with Crippen LogP contribution in [0.15, 0.2) is 18.2 Å². The lowest BCUT2D eigenvalue weighted by Gasteiger charge is -2.06. The number of hydrogen-bond acceptors (Lipinski definition) is 2. The van der Waals surface area contributed by atoms with Gasteiger partial charge >= 0.3 is 0 Å². The summed E-state index contributed by atoms with van der Waals surface area (Å²) in [5.74, 6) is 0.809. The Morgan fingerprint density at radius 1 is 0.857 bits per heavy atom. The maximum absolute atomic E-state index is 9.73. The third-order valence-electron chi connectivity index (χ3n) is 4.06. The summed E-state index contributed by atoms with van der Waals surface area (Å²) < 4.78 is 5.05. The predicted molar refractivity (Wildman–Crippen MR) is 90.2 cm³/mol. The Kier molecular flexibility index (Phi) is 9.77. The highest BCUT2D eigenvalue weighted by atomic mass is 16.5. The minimum atomic E-state index is 0.252. The Balaban J connectivity index is 2.00. The van der Waals surface area contributed by atoms with Gasteiger partial charge < -0.3 is 9.84 Å². The molecule has 0 atom stereocenters. The molecule has 0 saturated carbocycles. The molecular formula is C19H32O2. The molecule has 0 heterocycles. The first-order valence-electron chi connectivity index (χ1n) is 8.63. The number of benzene rings is 1.